The van der Waals surface area contributed by atoms with Crippen LogP contribution in [0.2, 0.25) is 0 Å². The summed E-state index contributed by atoms with van der Waals surface area (Å²) < 4.78 is 7.96. The molecule has 1 atom stereocenters. The molecule has 0 bridgehead atoms. The second-order valence-corrected chi connectivity index (χ2v) is 6.91. The van der Waals surface area contributed by atoms with Gasteiger partial charge in [-0.15, -0.1) is 10.2 Å². The lowest BCUT2D eigenvalue weighted by atomic mass is 10.2. The molecular weight excluding hydrogens is 286 g/mol. The van der Waals surface area contributed by atoms with Crippen LogP contribution in [0.15, 0.2) is 5.16 Å². The molecule has 0 spiro atoms. The van der Waals surface area contributed by atoms with Crippen LogP contribution in [0.3, 0.4) is 0 Å². The SMILES string of the molecule is Cc1nnc(SCC2CN(CC(C)C)CCO2)n1CCN. The fourth-order valence-electron chi connectivity index (χ4n) is 2.59. The van der Waals surface area contributed by atoms with E-state index in [0.29, 0.717) is 12.5 Å². The molecule has 1 aliphatic rings. The van der Waals surface area contributed by atoms with Crippen LogP contribution in [-0.2, 0) is 11.3 Å². The van der Waals surface area contributed by atoms with Gasteiger partial charge in [-0.25, -0.2) is 0 Å². The monoisotopic (exact) mass is 313 g/mol. The summed E-state index contributed by atoms with van der Waals surface area (Å²) in [6, 6.07) is 0. The number of rotatable bonds is 7. The van der Waals surface area contributed by atoms with Crippen LogP contribution >= 0.6 is 11.8 Å². The maximum absolute atomic E-state index is 5.87. The highest BCUT2D eigenvalue weighted by Crippen LogP contribution is 2.20. The maximum atomic E-state index is 5.87. The van der Waals surface area contributed by atoms with E-state index in [1.165, 1.54) is 0 Å². The molecule has 1 fully saturated rings. The van der Waals surface area contributed by atoms with Crippen LogP contribution in [0.4, 0.5) is 0 Å². The molecule has 6 nitrogen and oxygen atoms in total. The van der Waals surface area contributed by atoms with Gasteiger partial charge in [0.1, 0.15) is 5.82 Å². The Kier molecular flexibility index (Phi) is 6.47. The summed E-state index contributed by atoms with van der Waals surface area (Å²) in [6.07, 6.45) is 0.269. The summed E-state index contributed by atoms with van der Waals surface area (Å²) in [5.41, 5.74) is 5.64. The van der Waals surface area contributed by atoms with E-state index in [1.54, 1.807) is 11.8 Å². The van der Waals surface area contributed by atoms with Crippen molar-refractivity contribution in [2.24, 2.45) is 11.7 Å². The molecule has 2 rings (SSSR count). The molecule has 0 radical (unpaired) electrons. The Balaban J connectivity index is 1.85. The van der Waals surface area contributed by atoms with Crippen molar-refractivity contribution in [2.75, 3.05) is 38.5 Å². The summed E-state index contributed by atoms with van der Waals surface area (Å²) in [5, 5.41) is 9.32. The average Bonchev–Trinajstić information content (AvgIpc) is 2.78. The summed E-state index contributed by atoms with van der Waals surface area (Å²) >= 11 is 1.72. The molecule has 2 N–H and O–H groups in total. The van der Waals surface area contributed by atoms with Crippen molar-refractivity contribution >= 4 is 11.8 Å². The Bertz CT molecular complexity index is 437. The van der Waals surface area contributed by atoms with Crippen molar-refractivity contribution in [3.05, 3.63) is 5.82 Å². The second kappa shape index (κ2) is 8.12. The zero-order chi connectivity index (χ0) is 15.2. The first-order chi connectivity index (χ1) is 10.1. The van der Waals surface area contributed by atoms with E-state index in [2.05, 4.69) is 33.5 Å². The van der Waals surface area contributed by atoms with Crippen LogP contribution in [0, 0.1) is 12.8 Å². The molecule has 1 aromatic rings. The van der Waals surface area contributed by atoms with Crippen molar-refractivity contribution in [1.29, 1.82) is 0 Å². The quantitative estimate of drug-likeness (QED) is 0.757. The molecule has 120 valence electrons. The van der Waals surface area contributed by atoms with Crippen molar-refractivity contribution in [3.63, 3.8) is 0 Å². The summed E-state index contributed by atoms with van der Waals surface area (Å²) in [4.78, 5) is 2.50. The van der Waals surface area contributed by atoms with Crippen LogP contribution in [-0.4, -0.2) is 64.3 Å². The predicted molar refractivity (Wildman–Crippen MR) is 85.6 cm³/mol. The highest BCUT2D eigenvalue weighted by atomic mass is 32.2. The van der Waals surface area contributed by atoms with Gasteiger partial charge >= 0.3 is 0 Å². The highest BCUT2D eigenvalue weighted by molar-refractivity contribution is 7.99. The molecule has 1 saturated heterocycles. The van der Waals surface area contributed by atoms with Gasteiger partial charge in [-0.2, -0.15) is 0 Å². The molecule has 21 heavy (non-hydrogen) atoms. The number of hydrogen-bond acceptors (Lipinski definition) is 6. The standard InChI is InChI=1S/C14H27N5OS/c1-11(2)8-18-6-7-20-13(9-18)10-21-14-17-16-12(3)19(14)5-4-15/h11,13H,4-10,15H2,1-3H3. The molecule has 0 aromatic carbocycles. The Morgan fingerprint density at radius 3 is 2.95 bits per heavy atom. The van der Waals surface area contributed by atoms with E-state index in [9.17, 15) is 0 Å². The summed E-state index contributed by atoms with van der Waals surface area (Å²) in [5.74, 6) is 2.54. The largest absolute Gasteiger partial charge is 0.375 e. The van der Waals surface area contributed by atoms with E-state index < -0.39 is 0 Å². The third-order valence-electron chi connectivity index (χ3n) is 3.50. The van der Waals surface area contributed by atoms with Gasteiger partial charge in [0.15, 0.2) is 5.16 Å². The van der Waals surface area contributed by atoms with E-state index >= 15 is 0 Å². The van der Waals surface area contributed by atoms with E-state index in [0.717, 1.165) is 49.5 Å². The maximum Gasteiger partial charge on any atom is 0.191 e. The normalized spacial score (nSPS) is 20.3. The van der Waals surface area contributed by atoms with E-state index in [4.69, 9.17) is 10.5 Å². The number of nitrogens with zero attached hydrogens (tertiary/aromatic N) is 4. The number of nitrogens with two attached hydrogens (primary N) is 1. The first kappa shape index (κ1) is 16.7. The van der Waals surface area contributed by atoms with Crippen molar-refractivity contribution in [1.82, 2.24) is 19.7 Å². The minimum absolute atomic E-state index is 0.269. The van der Waals surface area contributed by atoms with Crippen molar-refractivity contribution < 1.29 is 4.74 Å². The highest BCUT2D eigenvalue weighted by Gasteiger charge is 2.22. The molecule has 2 heterocycles. The van der Waals surface area contributed by atoms with Crippen LogP contribution in [0.1, 0.15) is 19.7 Å². The van der Waals surface area contributed by atoms with Crippen LogP contribution < -0.4 is 5.73 Å². The number of aromatic nitrogens is 3. The van der Waals surface area contributed by atoms with E-state index in [1.807, 2.05) is 6.92 Å². The summed E-state index contributed by atoms with van der Waals surface area (Å²) in [6.45, 7) is 11.9. The van der Waals surface area contributed by atoms with Gasteiger partial charge in [-0.1, -0.05) is 25.6 Å². The van der Waals surface area contributed by atoms with Gasteiger partial charge in [0.2, 0.25) is 0 Å². The molecule has 1 unspecified atom stereocenters. The van der Waals surface area contributed by atoms with Crippen molar-refractivity contribution in [3.8, 4) is 0 Å². The van der Waals surface area contributed by atoms with Crippen molar-refractivity contribution in [2.45, 2.75) is 38.6 Å². The predicted octanol–water partition coefficient (Wildman–Crippen LogP) is 0.994. The number of hydrogen-bond donors (Lipinski definition) is 1. The Morgan fingerprint density at radius 2 is 2.24 bits per heavy atom. The topological polar surface area (TPSA) is 69.2 Å². The number of thioether (sulfide) groups is 1. The lowest BCUT2D eigenvalue weighted by Crippen LogP contribution is -2.44. The first-order valence-electron chi connectivity index (χ1n) is 7.66. The summed E-state index contributed by atoms with van der Waals surface area (Å²) in [7, 11) is 0. The van der Waals surface area contributed by atoms with Gasteiger partial charge < -0.3 is 15.0 Å². The minimum atomic E-state index is 0.269. The second-order valence-electron chi connectivity index (χ2n) is 5.93. The molecular formula is C14H27N5OS. The van der Waals surface area contributed by atoms with Gasteiger partial charge in [-0.3, -0.25) is 4.90 Å². The number of morpholine rings is 1. The zero-order valence-electron chi connectivity index (χ0n) is 13.3. The average molecular weight is 313 g/mol. The molecule has 0 aliphatic carbocycles. The molecule has 7 heteroatoms. The first-order valence-corrected chi connectivity index (χ1v) is 8.65. The Labute approximate surface area is 131 Å². The van der Waals surface area contributed by atoms with E-state index in [-0.39, 0.29) is 6.10 Å². The van der Waals surface area contributed by atoms with Gasteiger partial charge in [-0.05, 0) is 12.8 Å². The smallest absolute Gasteiger partial charge is 0.191 e. The van der Waals surface area contributed by atoms with Gasteiger partial charge in [0.25, 0.3) is 0 Å². The number of aryl methyl sites for hydroxylation is 1. The van der Waals surface area contributed by atoms with Gasteiger partial charge in [0, 0.05) is 38.5 Å². The Hall–Kier alpha value is -0.630. The minimum Gasteiger partial charge on any atom is -0.375 e. The molecule has 0 amide bonds. The lowest BCUT2D eigenvalue weighted by Gasteiger charge is -2.33. The fraction of sp³-hybridized carbons (Fsp3) is 0.857. The molecule has 1 aromatic heterocycles. The Morgan fingerprint density at radius 1 is 1.43 bits per heavy atom. The fourth-order valence-corrected chi connectivity index (χ4v) is 3.60. The zero-order valence-corrected chi connectivity index (χ0v) is 14.1. The number of ether oxygens (including phenoxy) is 1. The third kappa shape index (κ3) is 4.95. The lowest BCUT2D eigenvalue weighted by molar-refractivity contribution is -0.0191. The molecule has 1 aliphatic heterocycles. The molecule has 0 saturated carbocycles. The third-order valence-corrected chi connectivity index (χ3v) is 4.60. The van der Waals surface area contributed by atoms with Gasteiger partial charge in [0.05, 0.1) is 12.7 Å². The van der Waals surface area contributed by atoms with Crippen LogP contribution in [0.5, 0.6) is 0 Å². The van der Waals surface area contributed by atoms with Crippen LogP contribution in [0.25, 0.3) is 0 Å².